The van der Waals surface area contributed by atoms with E-state index in [4.69, 9.17) is 4.74 Å². The maximum Gasteiger partial charge on any atom is 0.277 e. The molecule has 2 amide bonds. The Balaban J connectivity index is 1.70. The monoisotopic (exact) mass is 579 g/mol. The van der Waals surface area contributed by atoms with E-state index >= 15 is 0 Å². The summed E-state index contributed by atoms with van der Waals surface area (Å²) >= 11 is 1.38. The molecule has 0 aromatic heterocycles. The summed E-state index contributed by atoms with van der Waals surface area (Å²) in [5, 5.41) is 29.0. The predicted molar refractivity (Wildman–Crippen MR) is 156 cm³/mol. The van der Waals surface area contributed by atoms with Gasteiger partial charge in [-0.15, -0.1) is 0 Å². The Labute approximate surface area is 240 Å². The second kappa shape index (κ2) is 15.7. The van der Waals surface area contributed by atoms with Crippen LogP contribution in [0.4, 0.5) is 11.4 Å². The van der Waals surface area contributed by atoms with Gasteiger partial charge in [0.2, 0.25) is 0 Å². The van der Waals surface area contributed by atoms with E-state index in [0.717, 1.165) is 42.4 Å². The average Bonchev–Trinajstić information content (AvgIpc) is 2.97. The molecule has 0 aliphatic carbocycles. The molecule has 3 rings (SSSR count). The molecule has 3 aromatic rings. The number of rotatable bonds is 15. The fourth-order valence-electron chi connectivity index (χ4n) is 3.46. The second-order valence-electron chi connectivity index (χ2n) is 8.78. The van der Waals surface area contributed by atoms with Gasteiger partial charge in [-0.2, -0.15) is 16.9 Å². The highest BCUT2D eigenvalue weighted by atomic mass is 32.2. The normalized spacial score (nSPS) is 11.5. The van der Waals surface area contributed by atoms with Crippen molar-refractivity contribution in [3.8, 4) is 5.75 Å². The summed E-state index contributed by atoms with van der Waals surface area (Å²) in [6, 6.07) is 18.1. The molecule has 0 radical (unpaired) electrons. The number of benzene rings is 3. The van der Waals surface area contributed by atoms with Gasteiger partial charge in [0.15, 0.2) is 0 Å². The summed E-state index contributed by atoms with van der Waals surface area (Å²) < 4.78 is 5.63. The lowest BCUT2D eigenvalue weighted by Gasteiger charge is -2.17. The molecule has 0 aliphatic rings. The number of hydrogen-bond acceptors (Lipinski definition) is 9. The van der Waals surface area contributed by atoms with Crippen LogP contribution in [0, 0.1) is 20.2 Å². The third-order valence-electron chi connectivity index (χ3n) is 5.64. The first-order valence-corrected chi connectivity index (χ1v) is 13.8. The van der Waals surface area contributed by atoms with Crippen LogP contribution in [-0.2, 0) is 10.5 Å². The lowest BCUT2D eigenvalue weighted by molar-refractivity contribution is -0.394. The van der Waals surface area contributed by atoms with E-state index in [2.05, 4.69) is 22.8 Å². The summed E-state index contributed by atoms with van der Waals surface area (Å²) in [6.45, 7) is 2.70. The Bertz CT molecular complexity index is 1350. The van der Waals surface area contributed by atoms with Crippen LogP contribution >= 0.6 is 11.8 Å². The van der Waals surface area contributed by atoms with E-state index in [0.29, 0.717) is 17.9 Å². The van der Waals surface area contributed by atoms with Gasteiger partial charge in [0.1, 0.15) is 11.8 Å². The highest BCUT2D eigenvalue weighted by Gasteiger charge is 2.25. The standard InChI is InChI=1S/C28H29N5O7S/c1-2-3-13-40-25-11-9-20(10-12-25)17-29-31-28(35)26(19-41-18-21-7-5-4-6-8-21)30-27(34)22-14-23(32(36)37)16-24(15-22)33(38)39/h4-12,14-17,26H,2-3,13,18-19H2,1H3,(H,30,34)(H,31,35)/t26-/m1/s1. The van der Waals surface area contributed by atoms with E-state index in [1.165, 1.54) is 18.0 Å². The first-order valence-electron chi connectivity index (χ1n) is 12.7. The van der Waals surface area contributed by atoms with Crippen molar-refractivity contribution in [2.75, 3.05) is 12.4 Å². The molecule has 13 heteroatoms. The van der Waals surface area contributed by atoms with E-state index in [1.807, 2.05) is 30.3 Å². The van der Waals surface area contributed by atoms with E-state index in [9.17, 15) is 29.8 Å². The zero-order chi connectivity index (χ0) is 29.6. The Morgan fingerprint density at radius 3 is 2.27 bits per heavy atom. The predicted octanol–water partition coefficient (Wildman–Crippen LogP) is 4.86. The summed E-state index contributed by atoms with van der Waals surface area (Å²) in [6.07, 6.45) is 3.42. The summed E-state index contributed by atoms with van der Waals surface area (Å²) in [5.41, 5.74) is 2.57. The van der Waals surface area contributed by atoms with Gasteiger partial charge in [-0.05, 0) is 41.8 Å². The van der Waals surface area contributed by atoms with Crippen molar-refractivity contribution in [1.29, 1.82) is 0 Å². The molecular weight excluding hydrogens is 550 g/mol. The van der Waals surface area contributed by atoms with Gasteiger partial charge >= 0.3 is 0 Å². The van der Waals surface area contributed by atoms with E-state index in [-0.39, 0.29) is 11.3 Å². The largest absolute Gasteiger partial charge is 0.494 e. The number of hydrazone groups is 1. The van der Waals surface area contributed by atoms with Crippen molar-refractivity contribution in [3.05, 3.63) is 110 Å². The van der Waals surface area contributed by atoms with Gasteiger partial charge in [-0.25, -0.2) is 5.43 Å². The summed E-state index contributed by atoms with van der Waals surface area (Å²) in [5.74, 6) is -0.0876. The SMILES string of the molecule is CCCCOc1ccc(C=NNC(=O)[C@@H](CSCc2ccccc2)NC(=O)c2cc([N+](=O)[O-])cc([N+](=O)[O-])c2)cc1. The molecule has 0 spiro atoms. The number of carbonyl (C=O) groups is 2. The third kappa shape index (κ3) is 10.0. The molecule has 1 atom stereocenters. The van der Waals surface area contributed by atoms with Crippen LogP contribution in [-0.4, -0.2) is 46.3 Å². The van der Waals surface area contributed by atoms with Crippen molar-refractivity contribution >= 4 is 41.2 Å². The molecule has 3 aromatic carbocycles. The summed E-state index contributed by atoms with van der Waals surface area (Å²) in [4.78, 5) is 46.8. The quantitative estimate of drug-likeness (QED) is 0.111. The fraction of sp³-hybridized carbons (Fsp3) is 0.250. The van der Waals surface area contributed by atoms with E-state index < -0.39 is 39.1 Å². The second-order valence-corrected chi connectivity index (χ2v) is 9.81. The van der Waals surface area contributed by atoms with Crippen LogP contribution in [0.1, 0.15) is 41.3 Å². The Morgan fingerprint density at radius 1 is 1.00 bits per heavy atom. The van der Waals surface area contributed by atoms with Crippen molar-refractivity contribution in [3.63, 3.8) is 0 Å². The highest BCUT2D eigenvalue weighted by molar-refractivity contribution is 7.98. The minimum absolute atomic E-state index is 0.142. The molecule has 0 saturated carbocycles. The molecule has 2 N–H and O–H groups in total. The van der Waals surface area contributed by atoms with E-state index in [1.54, 1.807) is 24.3 Å². The van der Waals surface area contributed by atoms with Crippen molar-refractivity contribution in [1.82, 2.24) is 10.7 Å². The number of nitrogens with zero attached hydrogens (tertiary/aromatic N) is 3. The molecule has 41 heavy (non-hydrogen) atoms. The maximum absolute atomic E-state index is 13.0. The molecule has 0 bridgehead atoms. The molecule has 214 valence electrons. The van der Waals surface area contributed by atoms with Crippen LogP contribution in [0.2, 0.25) is 0 Å². The van der Waals surface area contributed by atoms with Gasteiger partial charge in [0.25, 0.3) is 23.2 Å². The molecule has 0 fully saturated rings. The molecule has 0 aliphatic heterocycles. The summed E-state index contributed by atoms with van der Waals surface area (Å²) in [7, 11) is 0. The number of non-ortho nitro benzene ring substituents is 2. The Morgan fingerprint density at radius 2 is 1.66 bits per heavy atom. The minimum atomic E-state index is -1.10. The number of hydrogen-bond donors (Lipinski definition) is 2. The van der Waals surface area contributed by atoms with Gasteiger partial charge in [-0.1, -0.05) is 43.7 Å². The highest BCUT2D eigenvalue weighted by Crippen LogP contribution is 2.23. The molecular formula is C28H29N5O7S. The number of nitro groups is 2. The first-order chi connectivity index (χ1) is 19.8. The lowest BCUT2D eigenvalue weighted by atomic mass is 10.1. The van der Waals surface area contributed by atoms with Crippen LogP contribution in [0.3, 0.4) is 0 Å². The van der Waals surface area contributed by atoms with Crippen LogP contribution < -0.4 is 15.5 Å². The van der Waals surface area contributed by atoms with Gasteiger partial charge < -0.3 is 10.1 Å². The minimum Gasteiger partial charge on any atom is -0.494 e. The molecule has 0 heterocycles. The van der Waals surface area contributed by atoms with Crippen LogP contribution in [0.15, 0.2) is 77.9 Å². The molecule has 0 unspecified atom stereocenters. The van der Waals surface area contributed by atoms with Gasteiger partial charge in [0, 0.05) is 23.6 Å². The third-order valence-corrected chi connectivity index (χ3v) is 6.75. The van der Waals surface area contributed by atoms with Gasteiger partial charge in [0.05, 0.1) is 34.3 Å². The molecule has 0 saturated heterocycles. The topological polar surface area (TPSA) is 166 Å². The number of nitrogens with one attached hydrogen (secondary N) is 2. The van der Waals surface area contributed by atoms with Crippen molar-refractivity contribution < 1.29 is 24.2 Å². The zero-order valence-electron chi connectivity index (χ0n) is 22.2. The Kier molecular flexibility index (Phi) is 11.8. The van der Waals surface area contributed by atoms with Crippen molar-refractivity contribution in [2.45, 2.75) is 31.6 Å². The van der Waals surface area contributed by atoms with Gasteiger partial charge in [-0.3, -0.25) is 29.8 Å². The zero-order valence-corrected chi connectivity index (χ0v) is 23.0. The van der Waals surface area contributed by atoms with Crippen LogP contribution in [0.25, 0.3) is 0 Å². The smallest absolute Gasteiger partial charge is 0.277 e. The number of unbranched alkanes of at least 4 members (excludes halogenated alkanes) is 1. The number of nitro benzene ring substituents is 2. The maximum atomic E-state index is 13.0. The number of thioether (sulfide) groups is 1. The lowest BCUT2D eigenvalue weighted by Crippen LogP contribution is -2.47. The van der Waals surface area contributed by atoms with Crippen molar-refractivity contribution in [2.24, 2.45) is 5.10 Å². The average molecular weight is 580 g/mol. The first kappa shape index (κ1) is 30.8. The number of carbonyl (C=O) groups excluding carboxylic acids is 2. The number of amides is 2. The molecule has 12 nitrogen and oxygen atoms in total. The Hall–Kier alpha value is -4.78. The fourth-order valence-corrected chi connectivity index (χ4v) is 4.48. The number of ether oxygens (including phenoxy) is 1. The van der Waals surface area contributed by atoms with Crippen LogP contribution in [0.5, 0.6) is 5.75 Å².